The van der Waals surface area contributed by atoms with Crippen LogP contribution in [0.15, 0.2) is 67.0 Å². The fourth-order valence-corrected chi connectivity index (χ4v) is 4.18. The first-order valence-corrected chi connectivity index (χ1v) is 11.0. The van der Waals surface area contributed by atoms with Crippen LogP contribution in [-0.4, -0.2) is 41.9 Å². The maximum absolute atomic E-state index is 12.7. The van der Waals surface area contributed by atoms with Crippen molar-refractivity contribution in [1.29, 1.82) is 0 Å². The Balaban J connectivity index is 1.46. The molecule has 0 fully saturated rings. The lowest BCUT2D eigenvalue weighted by Crippen LogP contribution is -2.43. The maximum atomic E-state index is 12.7. The van der Waals surface area contributed by atoms with Gasteiger partial charge in [0.2, 0.25) is 0 Å². The number of methoxy groups -OCH3 is 1. The zero-order valence-corrected chi connectivity index (χ0v) is 18.9. The normalized spacial score (nSPS) is 14.1. The molecule has 0 aliphatic carbocycles. The summed E-state index contributed by atoms with van der Waals surface area (Å²) >= 11 is 0. The maximum Gasteiger partial charge on any atom is 0.313 e. The summed E-state index contributed by atoms with van der Waals surface area (Å²) in [6, 6.07) is 17.6. The molecule has 0 saturated carbocycles. The lowest BCUT2D eigenvalue weighted by molar-refractivity contribution is -0.136. The van der Waals surface area contributed by atoms with Gasteiger partial charge in [0, 0.05) is 32.0 Å². The van der Waals surface area contributed by atoms with E-state index in [9.17, 15) is 9.59 Å². The highest BCUT2D eigenvalue weighted by Crippen LogP contribution is 2.28. The molecule has 1 aliphatic heterocycles. The van der Waals surface area contributed by atoms with Gasteiger partial charge in [-0.2, -0.15) is 0 Å². The molecule has 0 bridgehead atoms. The predicted octanol–water partition coefficient (Wildman–Crippen LogP) is 3.25. The monoisotopic (exact) mass is 444 g/mol. The standard InChI is InChI=1S/C26H28N4O3/c1-18-9-10-24(33-2)22(14-18)29-26(32)25(31)28-16-23(20-8-5-12-27-15-20)30-13-11-19-6-3-4-7-21(19)17-30/h3-10,12,14-15,23H,11,13,16-17H2,1-2H3,(H,28,31)(H,29,32)/t23-/m1/s1. The Morgan fingerprint density at radius 1 is 1.09 bits per heavy atom. The fourth-order valence-electron chi connectivity index (χ4n) is 4.18. The Bertz CT molecular complexity index is 1130. The molecule has 2 aromatic carbocycles. The Morgan fingerprint density at radius 3 is 2.67 bits per heavy atom. The van der Waals surface area contributed by atoms with Gasteiger partial charge in [-0.3, -0.25) is 19.5 Å². The number of benzene rings is 2. The number of hydrogen-bond donors (Lipinski definition) is 2. The minimum atomic E-state index is -0.729. The number of ether oxygens (including phenoxy) is 1. The van der Waals surface area contributed by atoms with Crippen LogP contribution >= 0.6 is 0 Å². The molecular weight excluding hydrogens is 416 g/mol. The zero-order valence-electron chi connectivity index (χ0n) is 18.9. The van der Waals surface area contributed by atoms with Crippen molar-refractivity contribution in [2.45, 2.75) is 25.9 Å². The molecule has 1 aliphatic rings. The Kier molecular flexibility index (Phi) is 7.00. The molecule has 7 heteroatoms. The summed E-state index contributed by atoms with van der Waals surface area (Å²) in [5.41, 5.74) is 5.06. The number of pyridine rings is 1. The summed E-state index contributed by atoms with van der Waals surface area (Å²) in [6.07, 6.45) is 4.48. The molecule has 2 heterocycles. The summed E-state index contributed by atoms with van der Waals surface area (Å²) in [5.74, 6) is -0.917. The van der Waals surface area contributed by atoms with Crippen molar-refractivity contribution in [1.82, 2.24) is 15.2 Å². The Hall–Kier alpha value is -3.71. The summed E-state index contributed by atoms with van der Waals surface area (Å²) < 4.78 is 5.28. The van der Waals surface area contributed by atoms with Crippen LogP contribution in [0, 0.1) is 6.92 Å². The molecule has 2 N–H and O–H groups in total. The average Bonchev–Trinajstić information content (AvgIpc) is 2.84. The van der Waals surface area contributed by atoms with Crippen molar-refractivity contribution in [3.63, 3.8) is 0 Å². The SMILES string of the molecule is COc1ccc(C)cc1NC(=O)C(=O)NC[C@H](c1cccnc1)N1CCc2ccccc2C1. The highest BCUT2D eigenvalue weighted by molar-refractivity contribution is 6.39. The first-order valence-electron chi connectivity index (χ1n) is 11.0. The third-order valence-corrected chi connectivity index (χ3v) is 5.94. The minimum Gasteiger partial charge on any atom is -0.495 e. The van der Waals surface area contributed by atoms with Crippen LogP contribution in [0.1, 0.15) is 28.3 Å². The molecular formula is C26H28N4O3. The number of aromatic nitrogens is 1. The quantitative estimate of drug-likeness (QED) is 0.571. The number of hydrogen-bond acceptors (Lipinski definition) is 5. The van der Waals surface area contributed by atoms with Crippen LogP contribution in [0.2, 0.25) is 0 Å². The number of rotatable bonds is 6. The van der Waals surface area contributed by atoms with E-state index in [0.717, 1.165) is 30.6 Å². The molecule has 4 rings (SSSR count). The number of fused-ring (bicyclic) bond motifs is 1. The molecule has 33 heavy (non-hydrogen) atoms. The van der Waals surface area contributed by atoms with Gasteiger partial charge in [0.05, 0.1) is 18.8 Å². The Labute approximate surface area is 193 Å². The van der Waals surface area contributed by atoms with Crippen molar-refractivity contribution < 1.29 is 14.3 Å². The third-order valence-electron chi connectivity index (χ3n) is 5.94. The number of nitrogens with one attached hydrogen (secondary N) is 2. The minimum absolute atomic E-state index is 0.0997. The van der Waals surface area contributed by atoms with Crippen LogP contribution in [0.4, 0.5) is 5.69 Å². The lowest BCUT2D eigenvalue weighted by atomic mass is 9.97. The van der Waals surface area contributed by atoms with Gasteiger partial charge < -0.3 is 15.4 Å². The Morgan fingerprint density at radius 2 is 1.91 bits per heavy atom. The fraction of sp³-hybridized carbons (Fsp3) is 0.269. The van der Waals surface area contributed by atoms with Crippen LogP contribution in [0.25, 0.3) is 0 Å². The number of amides is 2. The number of aryl methyl sites for hydroxylation is 1. The van der Waals surface area contributed by atoms with Gasteiger partial charge in [0.25, 0.3) is 0 Å². The average molecular weight is 445 g/mol. The van der Waals surface area contributed by atoms with E-state index in [1.807, 2.05) is 37.4 Å². The van der Waals surface area contributed by atoms with Gasteiger partial charge in [-0.25, -0.2) is 0 Å². The van der Waals surface area contributed by atoms with Crippen molar-refractivity contribution in [2.24, 2.45) is 0 Å². The second kappa shape index (κ2) is 10.3. The van der Waals surface area contributed by atoms with Crippen LogP contribution in [-0.2, 0) is 22.6 Å². The van der Waals surface area contributed by atoms with Gasteiger partial charge in [0.1, 0.15) is 5.75 Å². The molecule has 2 amide bonds. The van der Waals surface area contributed by atoms with E-state index in [4.69, 9.17) is 4.74 Å². The van der Waals surface area contributed by atoms with Crippen LogP contribution < -0.4 is 15.4 Å². The molecule has 3 aromatic rings. The first-order chi connectivity index (χ1) is 16.0. The summed E-state index contributed by atoms with van der Waals surface area (Å²) in [5, 5.41) is 5.47. The summed E-state index contributed by atoms with van der Waals surface area (Å²) in [4.78, 5) is 31.8. The molecule has 0 spiro atoms. The molecule has 1 atom stereocenters. The van der Waals surface area contributed by atoms with E-state index < -0.39 is 11.8 Å². The molecule has 7 nitrogen and oxygen atoms in total. The molecule has 1 aromatic heterocycles. The van der Waals surface area contributed by atoms with Crippen molar-refractivity contribution in [3.05, 3.63) is 89.2 Å². The highest BCUT2D eigenvalue weighted by atomic mass is 16.5. The second-order valence-electron chi connectivity index (χ2n) is 8.16. The van der Waals surface area contributed by atoms with E-state index in [1.165, 1.54) is 18.2 Å². The van der Waals surface area contributed by atoms with E-state index in [-0.39, 0.29) is 6.04 Å². The number of carbonyl (C=O) groups is 2. The number of anilines is 1. The van der Waals surface area contributed by atoms with E-state index in [1.54, 1.807) is 18.3 Å². The van der Waals surface area contributed by atoms with Gasteiger partial charge in [-0.1, -0.05) is 36.4 Å². The van der Waals surface area contributed by atoms with Crippen LogP contribution in [0.5, 0.6) is 5.75 Å². The van der Waals surface area contributed by atoms with Crippen LogP contribution in [0.3, 0.4) is 0 Å². The number of carbonyl (C=O) groups excluding carboxylic acids is 2. The van der Waals surface area contributed by atoms with Crippen molar-refractivity contribution >= 4 is 17.5 Å². The van der Waals surface area contributed by atoms with Crippen molar-refractivity contribution in [2.75, 3.05) is 25.5 Å². The van der Waals surface area contributed by atoms with Crippen molar-refractivity contribution in [3.8, 4) is 5.75 Å². The predicted molar refractivity (Wildman–Crippen MR) is 127 cm³/mol. The third kappa shape index (κ3) is 5.38. The lowest BCUT2D eigenvalue weighted by Gasteiger charge is -2.35. The summed E-state index contributed by atoms with van der Waals surface area (Å²) in [6.45, 7) is 3.84. The molecule has 0 saturated heterocycles. The van der Waals surface area contributed by atoms with E-state index in [2.05, 4.69) is 38.7 Å². The number of nitrogens with zero attached hydrogens (tertiary/aromatic N) is 2. The molecule has 0 unspecified atom stereocenters. The van der Waals surface area contributed by atoms with E-state index in [0.29, 0.717) is 18.0 Å². The largest absolute Gasteiger partial charge is 0.495 e. The molecule has 170 valence electrons. The van der Waals surface area contributed by atoms with Gasteiger partial charge in [0.15, 0.2) is 0 Å². The van der Waals surface area contributed by atoms with Gasteiger partial charge >= 0.3 is 11.8 Å². The summed E-state index contributed by atoms with van der Waals surface area (Å²) in [7, 11) is 1.52. The van der Waals surface area contributed by atoms with Gasteiger partial charge in [-0.15, -0.1) is 0 Å². The topological polar surface area (TPSA) is 83.6 Å². The first kappa shape index (κ1) is 22.5. The smallest absolute Gasteiger partial charge is 0.313 e. The zero-order chi connectivity index (χ0) is 23.2. The highest BCUT2D eigenvalue weighted by Gasteiger charge is 2.26. The van der Waals surface area contributed by atoms with Gasteiger partial charge in [-0.05, 0) is 53.8 Å². The molecule has 0 radical (unpaired) electrons. The second-order valence-corrected chi connectivity index (χ2v) is 8.16. The van der Waals surface area contributed by atoms with E-state index >= 15 is 0 Å².